The molecule has 0 unspecified atom stereocenters. The van der Waals surface area contributed by atoms with Crippen molar-refractivity contribution in [1.29, 1.82) is 0 Å². The van der Waals surface area contributed by atoms with E-state index in [2.05, 4.69) is 6.58 Å². The molecule has 2 nitrogen and oxygen atoms in total. The molecule has 0 bridgehead atoms. The highest BCUT2D eigenvalue weighted by Gasteiger charge is 2.06. The zero-order valence-electron chi connectivity index (χ0n) is 7.83. The Hall–Kier alpha value is -0.800. The van der Waals surface area contributed by atoms with Gasteiger partial charge in [-0.3, -0.25) is 0 Å². The van der Waals surface area contributed by atoms with Gasteiger partial charge in [-0.1, -0.05) is 30.3 Å². The second-order valence-electron chi connectivity index (χ2n) is 3.18. The summed E-state index contributed by atoms with van der Waals surface area (Å²) in [5, 5.41) is 0.626. The molecule has 0 aliphatic rings. The van der Waals surface area contributed by atoms with E-state index in [9.17, 15) is 8.42 Å². The van der Waals surface area contributed by atoms with Crippen LogP contribution in [0.4, 0.5) is 0 Å². The van der Waals surface area contributed by atoms with Crippen LogP contribution < -0.4 is 0 Å². The van der Waals surface area contributed by atoms with Crippen LogP contribution in [0.25, 0.3) is 5.57 Å². The summed E-state index contributed by atoms with van der Waals surface area (Å²) in [5.41, 5.74) is 1.39. The molecule has 0 aliphatic carbocycles. The molecule has 0 atom stereocenters. The summed E-state index contributed by atoms with van der Waals surface area (Å²) in [4.78, 5) is 0. The van der Waals surface area contributed by atoms with E-state index in [0.717, 1.165) is 5.56 Å². The van der Waals surface area contributed by atoms with Crippen LogP contribution in [0.2, 0.25) is 5.02 Å². The second kappa shape index (κ2) is 4.15. The summed E-state index contributed by atoms with van der Waals surface area (Å²) < 4.78 is 22.0. The Bertz CT molecular complexity index is 432. The van der Waals surface area contributed by atoms with Crippen LogP contribution in [0.3, 0.4) is 0 Å². The molecule has 0 fully saturated rings. The highest BCUT2D eigenvalue weighted by Crippen LogP contribution is 2.17. The molecule has 1 aromatic carbocycles. The van der Waals surface area contributed by atoms with E-state index in [1.165, 1.54) is 6.26 Å². The van der Waals surface area contributed by atoms with Gasteiger partial charge in [0.1, 0.15) is 0 Å². The van der Waals surface area contributed by atoms with Crippen molar-refractivity contribution in [1.82, 2.24) is 0 Å². The molecule has 0 saturated heterocycles. The lowest BCUT2D eigenvalue weighted by atomic mass is 10.1. The van der Waals surface area contributed by atoms with Gasteiger partial charge in [-0.2, -0.15) is 0 Å². The van der Waals surface area contributed by atoms with Gasteiger partial charge >= 0.3 is 0 Å². The van der Waals surface area contributed by atoms with Crippen molar-refractivity contribution in [3.63, 3.8) is 0 Å². The third-order valence-corrected chi connectivity index (χ3v) is 2.81. The Morgan fingerprint density at radius 1 is 1.36 bits per heavy atom. The van der Waals surface area contributed by atoms with Gasteiger partial charge in [-0.15, -0.1) is 0 Å². The number of sulfone groups is 1. The second-order valence-corrected chi connectivity index (χ2v) is 5.76. The van der Waals surface area contributed by atoms with E-state index in [4.69, 9.17) is 11.6 Å². The van der Waals surface area contributed by atoms with Crippen molar-refractivity contribution in [3.8, 4) is 0 Å². The quantitative estimate of drug-likeness (QED) is 0.799. The summed E-state index contributed by atoms with van der Waals surface area (Å²) in [7, 11) is -3.01. The maximum Gasteiger partial charge on any atom is 0.151 e. The van der Waals surface area contributed by atoms with Crippen LogP contribution in [0.1, 0.15) is 5.56 Å². The van der Waals surface area contributed by atoms with Crippen molar-refractivity contribution in [2.75, 3.05) is 12.0 Å². The highest BCUT2D eigenvalue weighted by atomic mass is 35.5. The van der Waals surface area contributed by atoms with Gasteiger partial charge in [0.25, 0.3) is 0 Å². The molecular formula is C10H11ClO2S. The first-order chi connectivity index (χ1) is 6.38. The third-order valence-electron chi connectivity index (χ3n) is 1.69. The van der Waals surface area contributed by atoms with E-state index < -0.39 is 9.84 Å². The highest BCUT2D eigenvalue weighted by molar-refractivity contribution is 7.91. The lowest BCUT2D eigenvalue weighted by molar-refractivity contribution is 0.605. The van der Waals surface area contributed by atoms with E-state index >= 15 is 0 Å². The average Bonchev–Trinajstić information content (AvgIpc) is 2.02. The van der Waals surface area contributed by atoms with Crippen LogP contribution >= 0.6 is 11.6 Å². The van der Waals surface area contributed by atoms with Gasteiger partial charge in [0.15, 0.2) is 9.84 Å². The minimum absolute atomic E-state index is 0.0192. The molecule has 0 N–H and O–H groups in total. The molecule has 0 aromatic heterocycles. The Morgan fingerprint density at radius 2 is 1.86 bits per heavy atom. The first-order valence-electron chi connectivity index (χ1n) is 4.00. The summed E-state index contributed by atoms with van der Waals surface area (Å²) in [5.74, 6) is -0.0192. The molecule has 76 valence electrons. The van der Waals surface area contributed by atoms with E-state index in [1.807, 2.05) is 0 Å². The fraction of sp³-hybridized carbons (Fsp3) is 0.200. The number of rotatable bonds is 3. The normalized spacial score (nSPS) is 11.3. The molecule has 0 spiro atoms. The van der Waals surface area contributed by atoms with E-state index in [1.54, 1.807) is 24.3 Å². The van der Waals surface area contributed by atoms with Crippen molar-refractivity contribution in [2.24, 2.45) is 0 Å². The predicted molar refractivity (Wildman–Crippen MR) is 60.2 cm³/mol. The lowest BCUT2D eigenvalue weighted by Gasteiger charge is -2.04. The van der Waals surface area contributed by atoms with Crippen LogP contribution in [0.5, 0.6) is 0 Å². The molecule has 4 heteroatoms. The van der Waals surface area contributed by atoms with Gasteiger partial charge in [0, 0.05) is 11.3 Å². The zero-order chi connectivity index (χ0) is 10.8. The van der Waals surface area contributed by atoms with Crippen molar-refractivity contribution in [3.05, 3.63) is 41.4 Å². The topological polar surface area (TPSA) is 34.1 Å². The minimum Gasteiger partial charge on any atom is -0.229 e. The Morgan fingerprint density at radius 3 is 2.29 bits per heavy atom. The van der Waals surface area contributed by atoms with Gasteiger partial charge in [0.05, 0.1) is 5.75 Å². The number of hydrogen-bond donors (Lipinski definition) is 0. The molecule has 1 rings (SSSR count). The summed E-state index contributed by atoms with van der Waals surface area (Å²) >= 11 is 5.70. The summed E-state index contributed by atoms with van der Waals surface area (Å²) in [6.45, 7) is 3.72. The first-order valence-corrected chi connectivity index (χ1v) is 6.44. The van der Waals surface area contributed by atoms with E-state index in [-0.39, 0.29) is 5.75 Å². The maximum atomic E-state index is 11.0. The lowest BCUT2D eigenvalue weighted by Crippen LogP contribution is -2.04. The molecular weight excluding hydrogens is 220 g/mol. The van der Waals surface area contributed by atoms with Gasteiger partial charge < -0.3 is 0 Å². The number of benzene rings is 1. The fourth-order valence-corrected chi connectivity index (χ4v) is 2.01. The zero-order valence-corrected chi connectivity index (χ0v) is 9.40. The molecule has 0 aliphatic heterocycles. The van der Waals surface area contributed by atoms with Crippen LogP contribution in [-0.2, 0) is 9.84 Å². The molecule has 0 amide bonds. The van der Waals surface area contributed by atoms with Crippen LogP contribution in [0.15, 0.2) is 30.8 Å². The van der Waals surface area contributed by atoms with Crippen molar-refractivity contribution >= 4 is 27.0 Å². The molecule has 14 heavy (non-hydrogen) atoms. The van der Waals surface area contributed by atoms with Crippen LogP contribution in [-0.4, -0.2) is 20.4 Å². The Kier molecular flexibility index (Phi) is 3.34. The summed E-state index contributed by atoms with van der Waals surface area (Å²) in [6.07, 6.45) is 1.19. The standard InChI is InChI=1S/C10H11ClO2S/c1-8(7-14(2,12)13)9-3-5-10(11)6-4-9/h3-6H,1,7H2,2H3. The van der Waals surface area contributed by atoms with Gasteiger partial charge in [0.2, 0.25) is 0 Å². The third kappa shape index (κ3) is 3.52. The van der Waals surface area contributed by atoms with E-state index in [0.29, 0.717) is 10.6 Å². The molecule has 0 radical (unpaired) electrons. The smallest absolute Gasteiger partial charge is 0.151 e. The van der Waals surface area contributed by atoms with Crippen molar-refractivity contribution < 1.29 is 8.42 Å². The number of hydrogen-bond acceptors (Lipinski definition) is 2. The van der Waals surface area contributed by atoms with Crippen LogP contribution in [0, 0.1) is 0 Å². The Labute approximate surface area is 89.1 Å². The Balaban J connectivity index is 2.86. The fourth-order valence-electron chi connectivity index (χ4n) is 1.09. The molecule has 0 heterocycles. The monoisotopic (exact) mass is 230 g/mol. The minimum atomic E-state index is -3.01. The molecule has 0 saturated carbocycles. The predicted octanol–water partition coefficient (Wildman–Crippen LogP) is 2.40. The van der Waals surface area contributed by atoms with Crippen molar-refractivity contribution in [2.45, 2.75) is 0 Å². The average molecular weight is 231 g/mol. The first kappa shape index (κ1) is 11.3. The summed E-state index contributed by atoms with van der Waals surface area (Å²) in [6, 6.07) is 6.94. The number of halogens is 1. The largest absolute Gasteiger partial charge is 0.229 e. The maximum absolute atomic E-state index is 11.0. The molecule has 1 aromatic rings. The van der Waals surface area contributed by atoms with Gasteiger partial charge in [-0.25, -0.2) is 8.42 Å². The SMILES string of the molecule is C=C(CS(C)(=O)=O)c1ccc(Cl)cc1. The van der Waals surface area contributed by atoms with Gasteiger partial charge in [-0.05, 0) is 23.3 Å².